The summed E-state index contributed by atoms with van der Waals surface area (Å²) in [7, 11) is 3.25. The van der Waals surface area contributed by atoms with E-state index in [1.807, 2.05) is 53.1 Å². The molecule has 3 aromatic rings. The van der Waals surface area contributed by atoms with Crippen LogP contribution in [-0.2, 0) is 4.79 Å². The number of aromatic nitrogens is 3. The third-order valence-electron chi connectivity index (χ3n) is 5.66. The Kier molecular flexibility index (Phi) is 8.72. The van der Waals surface area contributed by atoms with Gasteiger partial charge in [-0.15, -0.1) is 10.2 Å². The van der Waals surface area contributed by atoms with Crippen molar-refractivity contribution in [3.05, 3.63) is 48.5 Å². The van der Waals surface area contributed by atoms with Gasteiger partial charge in [-0.05, 0) is 43.5 Å². The zero-order chi connectivity index (χ0) is 24.5. The van der Waals surface area contributed by atoms with Crippen LogP contribution in [0.4, 0.5) is 5.95 Å². The zero-order valence-corrected chi connectivity index (χ0v) is 20.9. The molecule has 0 unspecified atom stereocenters. The van der Waals surface area contributed by atoms with Crippen molar-refractivity contribution in [1.29, 1.82) is 0 Å². The fourth-order valence-corrected chi connectivity index (χ4v) is 4.72. The van der Waals surface area contributed by atoms with Crippen molar-refractivity contribution in [1.82, 2.24) is 20.1 Å². The first-order valence-corrected chi connectivity index (χ1v) is 12.7. The molecule has 1 aliphatic heterocycles. The number of piperidine rings is 1. The normalized spacial score (nSPS) is 13.4. The number of para-hydroxylation sites is 4. The van der Waals surface area contributed by atoms with Gasteiger partial charge in [-0.25, -0.2) is 0 Å². The summed E-state index contributed by atoms with van der Waals surface area (Å²) in [5, 5.41) is 12.5. The maximum Gasteiger partial charge on any atom is 0.232 e. The first-order chi connectivity index (χ1) is 17.2. The highest BCUT2D eigenvalue weighted by Gasteiger charge is 2.23. The number of benzene rings is 2. The molecule has 0 aliphatic carbocycles. The number of rotatable bonds is 11. The summed E-state index contributed by atoms with van der Waals surface area (Å²) in [6.07, 6.45) is 3.48. The van der Waals surface area contributed by atoms with Crippen LogP contribution in [0.15, 0.2) is 53.7 Å². The van der Waals surface area contributed by atoms with Crippen molar-refractivity contribution in [2.45, 2.75) is 24.4 Å². The Morgan fingerprint density at radius 1 is 0.943 bits per heavy atom. The minimum atomic E-state index is -0.104. The van der Waals surface area contributed by atoms with E-state index in [1.54, 1.807) is 14.2 Å². The van der Waals surface area contributed by atoms with Crippen molar-refractivity contribution < 1.29 is 19.0 Å². The predicted molar refractivity (Wildman–Crippen MR) is 136 cm³/mol. The Hall–Kier alpha value is -3.40. The molecule has 35 heavy (non-hydrogen) atoms. The fourth-order valence-electron chi connectivity index (χ4n) is 3.95. The summed E-state index contributed by atoms with van der Waals surface area (Å²) in [4.78, 5) is 14.8. The van der Waals surface area contributed by atoms with Gasteiger partial charge in [0, 0.05) is 13.1 Å². The number of nitrogens with one attached hydrogen (secondary N) is 1. The number of ether oxygens (including phenoxy) is 3. The van der Waals surface area contributed by atoms with Gasteiger partial charge in [-0.1, -0.05) is 36.0 Å². The summed E-state index contributed by atoms with van der Waals surface area (Å²) in [5.74, 6) is 2.92. The molecule has 1 saturated heterocycles. The Morgan fingerprint density at radius 2 is 1.63 bits per heavy atom. The highest BCUT2D eigenvalue weighted by molar-refractivity contribution is 7.99. The van der Waals surface area contributed by atoms with Crippen LogP contribution in [0.2, 0.25) is 0 Å². The molecule has 2 heterocycles. The highest BCUT2D eigenvalue weighted by Crippen LogP contribution is 2.32. The van der Waals surface area contributed by atoms with Gasteiger partial charge in [-0.3, -0.25) is 9.36 Å². The number of carbonyl (C=O) groups excluding carboxylic acids is 1. The van der Waals surface area contributed by atoms with E-state index in [9.17, 15) is 4.79 Å². The van der Waals surface area contributed by atoms with Gasteiger partial charge in [-0.2, -0.15) is 0 Å². The number of nitrogens with zero attached hydrogens (tertiary/aromatic N) is 4. The number of hydrogen-bond acceptors (Lipinski definition) is 8. The topological polar surface area (TPSA) is 90.7 Å². The molecule has 10 heteroatoms. The van der Waals surface area contributed by atoms with Crippen LogP contribution in [-0.4, -0.2) is 66.9 Å². The molecular formula is C25H31N5O4S. The molecule has 1 aromatic heterocycles. The van der Waals surface area contributed by atoms with Crippen molar-refractivity contribution in [2.75, 3.05) is 51.1 Å². The second-order valence-electron chi connectivity index (χ2n) is 7.98. The molecule has 1 amide bonds. The van der Waals surface area contributed by atoms with Crippen LogP contribution in [0.5, 0.6) is 17.2 Å². The van der Waals surface area contributed by atoms with Crippen LogP contribution in [0, 0.1) is 0 Å². The number of hydrogen-bond donors (Lipinski definition) is 1. The summed E-state index contributed by atoms with van der Waals surface area (Å²) in [6, 6.07) is 15.2. The molecule has 9 nitrogen and oxygen atoms in total. The van der Waals surface area contributed by atoms with Gasteiger partial charge in [0.05, 0.1) is 32.2 Å². The third kappa shape index (κ3) is 6.19. The summed E-state index contributed by atoms with van der Waals surface area (Å²) >= 11 is 1.35. The van der Waals surface area contributed by atoms with E-state index in [0.29, 0.717) is 29.8 Å². The van der Waals surface area contributed by atoms with E-state index >= 15 is 0 Å². The molecule has 0 bridgehead atoms. The molecule has 0 spiro atoms. The second-order valence-corrected chi connectivity index (χ2v) is 8.92. The molecule has 1 aliphatic rings. The minimum absolute atomic E-state index is 0.104. The van der Waals surface area contributed by atoms with E-state index < -0.39 is 0 Å². The van der Waals surface area contributed by atoms with Crippen LogP contribution in [0.1, 0.15) is 19.3 Å². The molecule has 0 atom stereocenters. The average Bonchev–Trinajstić information content (AvgIpc) is 3.34. The van der Waals surface area contributed by atoms with Crippen molar-refractivity contribution in [3.8, 4) is 22.9 Å². The van der Waals surface area contributed by atoms with Crippen LogP contribution in [0.25, 0.3) is 5.69 Å². The van der Waals surface area contributed by atoms with E-state index in [2.05, 4.69) is 20.4 Å². The number of carbonyl (C=O) groups is 1. The Labute approximate surface area is 209 Å². The van der Waals surface area contributed by atoms with Crippen molar-refractivity contribution in [3.63, 3.8) is 0 Å². The Morgan fingerprint density at radius 3 is 2.37 bits per heavy atom. The first kappa shape index (κ1) is 24.7. The zero-order valence-electron chi connectivity index (χ0n) is 20.1. The largest absolute Gasteiger partial charge is 0.495 e. The van der Waals surface area contributed by atoms with Gasteiger partial charge in [0.15, 0.2) is 16.7 Å². The van der Waals surface area contributed by atoms with Gasteiger partial charge >= 0.3 is 0 Å². The Balaban J connectivity index is 1.39. The predicted octanol–water partition coefficient (Wildman–Crippen LogP) is 3.56. The van der Waals surface area contributed by atoms with Crippen LogP contribution >= 0.6 is 11.8 Å². The summed E-state index contributed by atoms with van der Waals surface area (Å²) in [6.45, 7) is 2.60. The number of thioether (sulfide) groups is 1. The van der Waals surface area contributed by atoms with Gasteiger partial charge in [0.25, 0.3) is 0 Å². The average molecular weight is 498 g/mol. The molecule has 0 saturated carbocycles. The number of amides is 1. The highest BCUT2D eigenvalue weighted by atomic mass is 32.2. The van der Waals surface area contributed by atoms with E-state index in [4.69, 9.17) is 14.2 Å². The van der Waals surface area contributed by atoms with E-state index in [1.165, 1.54) is 18.2 Å². The van der Waals surface area contributed by atoms with Gasteiger partial charge in [0.1, 0.15) is 12.4 Å². The molecule has 0 radical (unpaired) electrons. The SMILES string of the molecule is COc1ccccc1OCCNC(=O)CSc1nnc(N2CCCCC2)n1-c1ccccc1OC. The van der Waals surface area contributed by atoms with Crippen LogP contribution in [0.3, 0.4) is 0 Å². The molecule has 2 aromatic carbocycles. The molecule has 186 valence electrons. The monoisotopic (exact) mass is 497 g/mol. The van der Waals surface area contributed by atoms with Gasteiger partial charge in [0.2, 0.25) is 11.9 Å². The lowest BCUT2D eigenvalue weighted by Gasteiger charge is -2.28. The fraction of sp³-hybridized carbons (Fsp3) is 0.400. The number of anilines is 1. The van der Waals surface area contributed by atoms with Gasteiger partial charge < -0.3 is 24.4 Å². The van der Waals surface area contributed by atoms with E-state index in [0.717, 1.165) is 43.3 Å². The lowest BCUT2D eigenvalue weighted by Crippen LogP contribution is -2.32. The Bertz CT molecular complexity index is 1120. The van der Waals surface area contributed by atoms with E-state index in [-0.39, 0.29) is 11.7 Å². The smallest absolute Gasteiger partial charge is 0.232 e. The lowest BCUT2D eigenvalue weighted by molar-refractivity contribution is -0.118. The minimum Gasteiger partial charge on any atom is -0.495 e. The first-order valence-electron chi connectivity index (χ1n) is 11.7. The van der Waals surface area contributed by atoms with Crippen molar-refractivity contribution in [2.24, 2.45) is 0 Å². The third-order valence-corrected chi connectivity index (χ3v) is 6.59. The summed E-state index contributed by atoms with van der Waals surface area (Å²) in [5.41, 5.74) is 0.855. The lowest BCUT2D eigenvalue weighted by atomic mass is 10.1. The molecule has 1 N–H and O–H groups in total. The second kappa shape index (κ2) is 12.3. The molecule has 4 rings (SSSR count). The maximum absolute atomic E-state index is 12.5. The maximum atomic E-state index is 12.5. The number of methoxy groups -OCH3 is 2. The summed E-state index contributed by atoms with van der Waals surface area (Å²) < 4.78 is 18.6. The quantitative estimate of drug-likeness (QED) is 0.318. The van der Waals surface area contributed by atoms with Crippen LogP contribution < -0.4 is 24.4 Å². The van der Waals surface area contributed by atoms with Crippen molar-refractivity contribution >= 4 is 23.6 Å². The standard InChI is InChI=1S/C25H31N5O4S/c1-32-20-11-5-4-10-19(20)30-24(29-15-8-3-9-16-29)27-28-25(30)35-18-23(31)26-14-17-34-22-13-7-6-12-21(22)33-2/h4-7,10-13H,3,8-9,14-18H2,1-2H3,(H,26,31). The molecule has 1 fully saturated rings. The molecular weight excluding hydrogens is 466 g/mol.